The fourth-order valence-corrected chi connectivity index (χ4v) is 3.50. The highest BCUT2D eigenvalue weighted by Crippen LogP contribution is 2.19. The average molecular weight is 406 g/mol. The third kappa shape index (κ3) is 4.53. The highest BCUT2D eigenvalue weighted by atomic mass is 19.1. The molecule has 3 heterocycles. The fraction of sp³-hybridized carbons (Fsp3) is 0.273. The molecule has 0 bridgehead atoms. The van der Waals surface area contributed by atoms with E-state index in [0.29, 0.717) is 49.4 Å². The van der Waals surface area contributed by atoms with Gasteiger partial charge in [0.25, 0.3) is 0 Å². The van der Waals surface area contributed by atoms with Crippen LogP contribution in [0.1, 0.15) is 18.2 Å². The molecule has 1 amide bonds. The van der Waals surface area contributed by atoms with E-state index in [0.717, 1.165) is 11.2 Å². The normalized spacial score (nSPS) is 13.9. The zero-order valence-electron chi connectivity index (χ0n) is 16.8. The van der Waals surface area contributed by atoms with Gasteiger partial charge in [0.05, 0.1) is 11.2 Å². The number of carbonyl (C=O) groups is 1. The Bertz CT molecular complexity index is 1110. The molecule has 0 unspecified atom stereocenters. The van der Waals surface area contributed by atoms with E-state index in [1.54, 1.807) is 31.6 Å². The third-order valence-corrected chi connectivity index (χ3v) is 5.16. The molecule has 7 nitrogen and oxygen atoms in total. The minimum Gasteiger partial charge on any atom is -0.352 e. The van der Waals surface area contributed by atoms with Crippen LogP contribution in [0.3, 0.4) is 0 Å². The maximum absolute atomic E-state index is 14.6. The second kappa shape index (κ2) is 8.86. The van der Waals surface area contributed by atoms with Crippen LogP contribution in [0.4, 0.5) is 10.2 Å². The van der Waals surface area contributed by atoms with Gasteiger partial charge in [0.2, 0.25) is 5.91 Å². The van der Waals surface area contributed by atoms with Gasteiger partial charge >= 0.3 is 0 Å². The number of pyridine rings is 1. The van der Waals surface area contributed by atoms with Crippen LogP contribution in [0.25, 0.3) is 10.9 Å². The van der Waals surface area contributed by atoms with Crippen LogP contribution in [-0.2, 0) is 11.2 Å². The molecule has 154 valence electrons. The predicted molar refractivity (Wildman–Crippen MR) is 113 cm³/mol. The summed E-state index contributed by atoms with van der Waals surface area (Å²) in [4.78, 5) is 23.9. The Hall–Kier alpha value is -3.55. The summed E-state index contributed by atoms with van der Waals surface area (Å²) in [6.07, 6.45) is 5.30. The van der Waals surface area contributed by atoms with E-state index in [2.05, 4.69) is 25.1 Å². The summed E-state index contributed by atoms with van der Waals surface area (Å²) in [5.41, 5.74) is 1.85. The quantitative estimate of drug-likeness (QED) is 0.724. The molecule has 0 radical (unpaired) electrons. The lowest BCUT2D eigenvalue weighted by Crippen LogP contribution is -2.48. The molecule has 0 aliphatic carbocycles. The van der Waals surface area contributed by atoms with Crippen molar-refractivity contribution >= 4 is 22.6 Å². The van der Waals surface area contributed by atoms with Gasteiger partial charge in [0.15, 0.2) is 0 Å². The molecular formula is C22H23FN6O. The number of hydrogen-bond donors (Lipinski definition) is 1. The Morgan fingerprint density at radius 2 is 1.93 bits per heavy atom. The topological polar surface area (TPSA) is 78.0 Å². The van der Waals surface area contributed by atoms with Gasteiger partial charge in [-0.2, -0.15) is 5.10 Å². The van der Waals surface area contributed by atoms with E-state index >= 15 is 0 Å². The van der Waals surface area contributed by atoms with Crippen molar-refractivity contribution in [2.45, 2.75) is 13.3 Å². The zero-order valence-corrected chi connectivity index (χ0v) is 16.8. The number of aromatic nitrogens is 4. The summed E-state index contributed by atoms with van der Waals surface area (Å²) in [5.74, 6) is 0.528. The number of hydrogen-bond acceptors (Lipinski definition) is 5. The number of nitrogens with zero attached hydrogens (tertiary/aromatic N) is 5. The van der Waals surface area contributed by atoms with Gasteiger partial charge in [-0.3, -0.25) is 19.9 Å². The van der Waals surface area contributed by atoms with Gasteiger partial charge in [0.1, 0.15) is 11.6 Å². The summed E-state index contributed by atoms with van der Waals surface area (Å²) < 4.78 is 14.6. The standard InChI is InChI=1S/C22H23FN6O/c1-16(30)28-8-10-29(11-9-28)22-5-3-6-24-15-19(26-27-22)13-18-12-17-4-2-7-25-21(17)14-20(18)23/h2-7,12,14-15,26H,8-11,13H2,1H3. The van der Waals surface area contributed by atoms with Crippen molar-refractivity contribution < 1.29 is 9.18 Å². The van der Waals surface area contributed by atoms with Crippen molar-refractivity contribution in [3.63, 3.8) is 0 Å². The van der Waals surface area contributed by atoms with Crippen LogP contribution in [0.2, 0.25) is 0 Å². The summed E-state index contributed by atoms with van der Waals surface area (Å²) in [7, 11) is 0. The molecule has 30 heavy (non-hydrogen) atoms. The predicted octanol–water partition coefficient (Wildman–Crippen LogP) is 2.88. The lowest BCUT2D eigenvalue weighted by Gasteiger charge is -2.34. The molecule has 1 aliphatic rings. The summed E-state index contributed by atoms with van der Waals surface area (Å²) in [6.45, 7) is 4.31. The highest BCUT2D eigenvalue weighted by molar-refractivity contribution is 5.79. The summed E-state index contributed by atoms with van der Waals surface area (Å²) >= 11 is 0. The Morgan fingerprint density at radius 1 is 1.13 bits per heavy atom. The second-order valence-corrected chi connectivity index (χ2v) is 7.20. The molecule has 4 rings (SSSR count). The first kappa shape index (κ1) is 19.8. The lowest BCUT2D eigenvalue weighted by atomic mass is 10.1. The maximum Gasteiger partial charge on any atom is 0.219 e. The SMILES string of the molecule is CC(=O)N1CCN(c2cccncc(Cc3cc4cccnc4cc3F)[nH]n2)CC1. The molecule has 1 saturated heterocycles. The van der Waals surface area contributed by atoms with E-state index in [1.807, 2.05) is 29.2 Å². The van der Waals surface area contributed by atoms with Gasteiger partial charge in [-0.25, -0.2) is 4.39 Å². The number of fused-ring (bicyclic) bond motifs is 1. The van der Waals surface area contributed by atoms with E-state index in [1.165, 1.54) is 6.07 Å². The smallest absolute Gasteiger partial charge is 0.219 e. The van der Waals surface area contributed by atoms with Crippen molar-refractivity contribution in [3.05, 3.63) is 72.1 Å². The number of rotatable bonds is 3. The first-order chi connectivity index (χ1) is 14.6. The van der Waals surface area contributed by atoms with Gasteiger partial charge in [0, 0.05) is 69.6 Å². The molecule has 1 fully saturated rings. The first-order valence-corrected chi connectivity index (χ1v) is 9.86. The second-order valence-electron chi connectivity index (χ2n) is 7.20. The van der Waals surface area contributed by atoms with Crippen molar-refractivity contribution in [3.8, 4) is 0 Å². The van der Waals surface area contributed by atoms with Crippen LogP contribution in [-0.4, -0.2) is 57.2 Å². The number of nitrogens with one attached hydrogen (secondary N) is 1. The van der Waals surface area contributed by atoms with Crippen molar-refractivity contribution in [2.75, 3.05) is 31.1 Å². The van der Waals surface area contributed by atoms with Gasteiger partial charge < -0.3 is 9.80 Å². The molecule has 0 spiro atoms. The Morgan fingerprint density at radius 3 is 2.73 bits per heavy atom. The molecule has 0 atom stereocenters. The largest absolute Gasteiger partial charge is 0.352 e. The van der Waals surface area contributed by atoms with Gasteiger partial charge in [-0.15, -0.1) is 0 Å². The Labute approximate surface area is 173 Å². The molecule has 2 aromatic heterocycles. The van der Waals surface area contributed by atoms with Crippen molar-refractivity contribution in [2.24, 2.45) is 0 Å². The molecule has 1 aromatic carbocycles. The molecule has 1 aliphatic heterocycles. The van der Waals surface area contributed by atoms with E-state index in [4.69, 9.17) is 0 Å². The molecular weight excluding hydrogens is 383 g/mol. The zero-order chi connectivity index (χ0) is 20.9. The number of benzene rings is 1. The molecule has 8 heteroatoms. The molecule has 1 N–H and O–H groups in total. The monoisotopic (exact) mass is 406 g/mol. The Kier molecular flexibility index (Phi) is 5.83. The van der Waals surface area contributed by atoms with Gasteiger partial charge in [-0.1, -0.05) is 6.07 Å². The van der Waals surface area contributed by atoms with E-state index < -0.39 is 0 Å². The highest BCUT2D eigenvalue weighted by Gasteiger charge is 2.19. The van der Waals surface area contributed by atoms with Crippen LogP contribution in [0.15, 0.2) is 55.0 Å². The summed E-state index contributed by atoms with van der Waals surface area (Å²) in [5, 5.41) is 8.46. The van der Waals surface area contributed by atoms with Crippen LogP contribution < -0.4 is 4.90 Å². The lowest BCUT2D eigenvalue weighted by molar-refractivity contribution is -0.129. The van der Waals surface area contributed by atoms with Crippen LogP contribution in [0, 0.1) is 5.82 Å². The van der Waals surface area contributed by atoms with Crippen LogP contribution >= 0.6 is 0 Å². The number of anilines is 1. The molecule has 3 aromatic rings. The number of piperazine rings is 1. The molecule has 0 saturated carbocycles. The first-order valence-electron chi connectivity index (χ1n) is 9.86. The number of halogens is 1. The minimum atomic E-state index is -0.310. The van der Waals surface area contributed by atoms with Crippen molar-refractivity contribution in [1.82, 2.24) is 25.1 Å². The van der Waals surface area contributed by atoms with E-state index in [9.17, 15) is 9.18 Å². The van der Waals surface area contributed by atoms with Crippen LogP contribution in [0.5, 0.6) is 0 Å². The number of H-pyrrole nitrogens is 1. The summed E-state index contributed by atoms with van der Waals surface area (Å²) in [6, 6.07) is 10.7. The van der Waals surface area contributed by atoms with E-state index in [-0.39, 0.29) is 11.7 Å². The Balaban J connectivity index is 1.60. The maximum atomic E-state index is 14.6. The van der Waals surface area contributed by atoms with Crippen molar-refractivity contribution in [1.29, 1.82) is 0 Å². The number of amides is 1. The number of aromatic amines is 1. The fourth-order valence-electron chi connectivity index (χ4n) is 3.50. The minimum absolute atomic E-state index is 0.0877. The number of carbonyl (C=O) groups excluding carboxylic acids is 1. The van der Waals surface area contributed by atoms with Gasteiger partial charge in [-0.05, 0) is 29.8 Å². The third-order valence-electron chi connectivity index (χ3n) is 5.16. The average Bonchev–Trinajstić information content (AvgIpc) is 2.87.